The number of ether oxygens (including phenoxy) is 10. The van der Waals surface area contributed by atoms with Gasteiger partial charge in [0.2, 0.25) is 25.1 Å². The summed E-state index contributed by atoms with van der Waals surface area (Å²) in [5, 5.41) is 22.9. The molecule has 0 unspecified atom stereocenters. The summed E-state index contributed by atoms with van der Waals surface area (Å²) < 4.78 is 56.7. The van der Waals surface area contributed by atoms with E-state index < -0.39 is 12.1 Å². The zero-order valence-electron chi connectivity index (χ0n) is 29.9. The van der Waals surface area contributed by atoms with E-state index in [2.05, 4.69) is 9.80 Å². The molecule has 3 heterocycles. The lowest BCUT2D eigenvalue weighted by molar-refractivity contribution is 0.0879. The summed E-state index contributed by atoms with van der Waals surface area (Å²) in [5.74, 6) is 5.04. The van der Waals surface area contributed by atoms with Crippen molar-refractivity contribution >= 4 is 0 Å². The SMILES string of the molecule is COc1cc([C@H](c2cc3c(cc2O)OCO3)N2CCN([C@@H](c3cc(OC)c(OC)c(OC)c3)c3cc4c(cc3O)OCO4)CC2)cc(OC)c1OC. The molecule has 7 rings (SSSR count). The molecule has 2 atom stereocenters. The van der Waals surface area contributed by atoms with Crippen molar-refractivity contribution in [3.05, 3.63) is 70.8 Å². The summed E-state index contributed by atoms with van der Waals surface area (Å²) in [7, 11) is 9.40. The maximum Gasteiger partial charge on any atom is 0.231 e. The van der Waals surface area contributed by atoms with Crippen molar-refractivity contribution in [3.8, 4) is 69.0 Å². The molecular formula is C38H42N2O12. The monoisotopic (exact) mass is 718 g/mol. The van der Waals surface area contributed by atoms with E-state index in [0.717, 1.165) is 11.1 Å². The summed E-state index contributed by atoms with van der Waals surface area (Å²) >= 11 is 0. The van der Waals surface area contributed by atoms with Gasteiger partial charge < -0.3 is 57.6 Å². The number of hydrogen-bond acceptors (Lipinski definition) is 14. The molecular weight excluding hydrogens is 676 g/mol. The molecule has 0 bridgehead atoms. The van der Waals surface area contributed by atoms with Crippen LogP contribution in [0.1, 0.15) is 34.3 Å². The highest BCUT2D eigenvalue weighted by Crippen LogP contribution is 2.49. The number of phenolic OH excluding ortho intramolecular Hbond substituents is 2. The van der Waals surface area contributed by atoms with Crippen LogP contribution >= 0.6 is 0 Å². The van der Waals surface area contributed by atoms with Crippen LogP contribution in [0.15, 0.2) is 48.5 Å². The quantitative estimate of drug-likeness (QED) is 0.201. The zero-order valence-corrected chi connectivity index (χ0v) is 29.9. The van der Waals surface area contributed by atoms with Crippen molar-refractivity contribution in [2.24, 2.45) is 0 Å². The van der Waals surface area contributed by atoms with E-state index in [1.165, 1.54) is 0 Å². The number of benzene rings is 4. The van der Waals surface area contributed by atoms with Crippen molar-refractivity contribution in [2.45, 2.75) is 12.1 Å². The molecule has 0 spiro atoms. The minimum absolute atomic E-state index is 0.0611. The van der Waals surface area contributed by atoms with E-state index in [1.807, 2.05) is 36.4 Å². The van der Waals surface area contributed by atoms with Crippen LogP contribution in [0.25, 0.3) is 0 Å². The molecule has 2 N–H and O–H groups in total. The van der Waals surface area contributed by atoms with Gasteiger partial charge in [-0.15, -0.1) is 0 Å². The highest BCUT2D eigenvalue weighted by atomic mass is 16.7. The highest BCUT2D eigenvalue weighted by Gasteiger charge is 2.36. The van der Waals surface area contributed by atoms with Crippen LogP contribution in [0, 0.1) is 0 Å². The van der Waals surface area contributed by atoms with E-state index in [-0.39, 0.29) is 25.1 Å². The van der Waals surface area contributed by atoms with Gasteiger partial charge in [0.05, 0.1) is 54.7 Å². The van der Waals surface area contributed by atoms with Gasteiger partial charge in [0.15, 0.2) is 46.0 Å². The van der Waals surface area contributed by atoms with Crippen LogP contribution in [0.2, 0.25) is 0 Å². The third kappa shape index (κ3) is 6.17. The molecule has 14 heteroatoms. The predicted molar refractivity (Wildman–Crippen MR) is 187 cm³/mol. The largest absolute Gasteiger partial charge is 0.507 e. The van der Waals surface area contributed by atoms with Crippen LogP contribution in [-0.4, -0.2) is 102 Å². The molecule has 1 saturated heterocycles. The van der Waals surface area contributed by atoms with Gasteiger partial charge in [-0.2, -0.15) is 0 Å². The smallest absolute Gasteiger partial charge is 0.231 e. The Balaban J connectivity index is 1.29. The van der Waals surface area contributed by atoms with E-state index >= 15 is 0 Å². The van der Waals surface area contributed by atoms with Crippen LogP contribution in [-0.2, 0) is 0 Å². The van der Waals surface area contributed by atoms with Crippen molar-refractivity contribution in [2.75, 3.05) is 82.4 Å². The molecule has 3 aliphatic rings. The number of aromatic hydroxyl groups is 2. The predicted octanol–water partition coefficient (Wildman–Crippen LogP) is 5.10. The maximum absolute atomic E-state index is 11.4. The lowest BCUT2D eigenvalue weighted by atomic mass is 9.92. The fraction of sp³-hybridized carbons (Fsp3) is 0.368. The zero-order chi connectivity index (χ0) is 36.5. The van der Waals surface area contributed by atoms with Gasteiger partial charge in [0.25, 0.3) is 0 Å². The number of fused-ring (bicyclic) bond motifs is 2. The van der Waals surface area contributed by atoms with E-state index in [4.69, 9.17) is 47.4 Å². The standard InChI is InChI=1S/C38H42N2O12/c1-43-31-11-21(12-32(44-2)37(31)47-5)35(23-15-27-29(17-25(23)41)51-19-49-27)39-7-9-40(10-8-39)36(24-16-28-30(18-26(24)42)52-20-50-28)22-13-33(45-3)38(48-6)34(14-22)46-4/h11-18,35-36,41-42H,7-10,19-20H2,1-6H3/t35-,36+. The molecule has 1 fully saturated rings. The molecule has 0 aromatic heterocycles. The molecule has 3 aliphatic heterocycles. The van der Waals surface area contributed by atoms with Gasteiger partial charge >= 0.3 is 0 Å². The summed E-state index contributed by atoms with van der Waals surface area (Å²) in [6.07, 6.45) is 0. The lowest BCUT2D eigenvalue weighted by Crippen LogP contribution is -2.49. The average molecular weight is 719 g/mol. The molecule has 4 aromatic carbocycles. The number of nitrogens with zero attached hydrogens (tertiary/aromatic N) is 2. The Hall–Kier alpha value is -5.60. The van der Waals surface area contributed by atoms with E-state index in [1.54, 1.807) is 54.8 Å². The molecule has 14 nitrogen and oxygen atoms in total. The van der Waals surface area contributed by atoms with Crippen LogP contribution in [0.5, 0.6) is 69.0 Å². The first-order valence-electron chi connectivity index (χ1n) is 16.6. The fourth-order valence-electron chi connectivity index (χ4n) is 7.28. The van der Waals surface area contributed by atoms with E-state index in [0.29, 0.717) is 94.8 Å². The van der Waals surface area contributed by atoms with Crippen LogP contribution < -0.4 is 47.4 Å². The number of piperazine rings is 1. The van der Waals surface area contributed by atoms with Crippen molar-refractivity contribution in [1.82, 2.24) is 9.80 Å². The average Bonchev–Trinajstić information content (AvgIpc) is 3.83. The van der Waals surface area contributed by atoms with Crippen LogP contribution in [0.3, 0.4) is 0 Å². The Morgan fingerprint density at radius 2 is 0.769 bits per heavy atom. The first kappa shape index (κ1) is 34.8. The van der Waals surface area contributed by atoms with E-state index in [9.17, 15) is 10.2 Å². The molecule has 0 saturated carbocycles. The minimum atomic E-state index is -0.455. The lowest BCUT2D eigenvalue weighted by Gasteiger charge is -2.43. The van der Waals surface area contributed by atoms with Gasteiger partial charge in [0, 0.05) is 49.4 Å². The maximum atomic E-state index is 11.4. The van der Waals surface area contributed by atoms with Crippen molar-refractivity contribution < 1.29 is 57.6 Å². The second-order valence-electron chi connectivity index (χ2n) is 12.3. The fourth-order valence-corrected chi connectivity index (χ4v) is 7.28. The van der Waals surface area contributed by atoms with Gasteiger partial charge in [-0.25, -0.2) is 0 Å². The third-order valence-electron chi connectivity index (χ3n) is 9.72. The molecule has 276 valence electrons. The first-order valence-corrected chi connectivity index (χ1v) is 16.6. The minimum Gasteiger partial charge on any atom is -0.507 e. The molecule has 0 aliphatic carbocycles. The first-order chi connectivity index (χ1) is 25.3. The second kappa shape index (κ2) is 14.6. The molecule has 0 amide bonds. The normalized spacial score (nSPS) is 16.3. The van der Waals surface area contributed by atoms with Crippen molar-refractivity contribution in [1.29, 1.82) is 0 Å². The summed E-state index contributed by atoms with van der Waals surface area (Å²) in [6.45, 7) is 2.37. The Bertz CT molecular complexity index is 1760. The second-order valence-corrected chi connectivity index (χ2v) is 12.3. The molecule has 0 radical (unpaired) electrons. The number of methoxy groups -OCH3 is 6. The summed E-state index contributed by atoms with van der Waals surface area (Å²) in [6, 6.07) is 13.5. The Labute approximate surface area is 301 Å². The Morgan fingerprint density at radius 1 is 0.462 bits per heavy atom. The summed E-state index contributed by atoms with van der Waals surface area (Å²) in [4.78, 5) is 4.56. The number of rotatable bonds is 12. The Kier molecular flexibility index (Phi) is 9.75. The molecule has 4 aromatic rings. The summed E-state index contributed by atoms with van der Waals surface area (Å²) in [5.41, 5.74) is 2.88. The van der Waals surface area contributed by atoms with Crippen LogP contribution in [0.4, 0.5) is 0 Å². The Morgan fingerprint density at radius 3 is 1.06 bits per heavy atom. The molecule has 52 heavy (non-hydrogen) atoms. The van der Waals surface area contributed by atoms with Gasteiger partial charge in [-0.05, 0) is 47.5 Å². The van der Waals surface area contributed by atoms with Gasteiger partial charge in [0.1, 0.15) is 11.5 Å². The third-order valence-corrected chi connectivity index (χ3v) is 9.72. The topological polar surface area (TPSA) is 139 Å². The van der Waals surface area contributed by atoms with Crippen molar-refractivity contribution in [3.63, 3.8) is 0 Å². The highest BCUT2D eigenvalue weighted by molar-refractivity contribution is 5.60. The number of phenols is 2. The van der Waals surface area contributed by atoms with Gasteiger partial charge in [-0.3, -0.25) is 9.80 Å². The van der Waals surface area contributed by atoms with Gasteiger partial charge in [-0.1, -0.05) is 0 Å². The number of hydrogen-bond donors (Lipinski definition) is 2.